The van der Waals surface area contributed by atoms with Crippen LogP contribution in [0.5, 0.6) is 0 Å². The van der Waals surface area contributed by atoms with Gasteiger partial charge in [-0.15, -0.1) is 0 Å². The maximum atomic E-state index is 11.2. The molecule has 15 heavy (non-hydrogen) atoms. The first kappa shape index (κ1) is 12.0. The Morgan fingerprint density at radius 1 is 1.40 bits per heavy atom. The number of hydrogen-bond donors (Lipinski definition) is 3. The smallest absolute Gasteiger partial charge is 0.239 e. The summed E-state index contributed by atoms with van der Waals surface area (Å²) in [7, 11) is 0. The lowest BCUT2D eigenvalue weighted by atomic mass is 10.2. The number of nitrogens with one attached hydrogen (secondary N) is 2. The SMILES string of the molecule is CC(O)CCC(=O)NCC(=O)NC1CC1. The Kier molecular flexibility index (Phi) is 4.55. The maximum absolute atomic E-state index is 11.2. The van der Waals surface area contributed by atoms with Gasteiger partial charge in [-0.3, -0.25) is 9.59 Å². The van der Waals surface area contributed by atoms with E-state index in [-0.39, 0.29) is 24.8 Å². The predicted octanol–water partition coefficient (Wildman–Crippen LogP) is -0.458. The molecule has 1 rings (SSSR count). The van der Waals surface area contributed by atoms with Gasteiger partial charge in [-0.05, 0) is 26.2 Å². The van der Waals surface area contributed by atoms with Crippen molar-refractivity contribution in [3.8, 4) is 0 Å². The fraction of sp³-hybridized carbons (Fsp3) is 0.800. The highest BCUT2D eigenvalue weighted by Crippen LogP contribution is 2.18. The predicted molar refractivity (Wildman–Crippen MR) is 55.1 cm³/mol. The van der Waals surface area contributed by atoms with Crippen LogP contribution < -0.4 is 10.6 Å². The third-order valence-electron chi connectivity index (χ3n) is 2.18. The highest BCUT2D eigenvalue weighted by molar-refractivity contribution is 5.84. The first-order valence-corrected chi connectivity index (χ1v) is 5.32. The molecule has 0 bridgehead atoms. The third kappa shape index (κ3) is 6.06. The third-order valence-corrected chi connectivity index (χ3v) is 2.18. The zero-order valence-corrected chi connectivity index (χ0v) is 8.95. The molecule has 0 spiro atoms. The Labute approximate surface area is 89.2 Å². The molecule has 0 aromatic carbocycles. The minimum Gasteiger partial charge on any atom is -0.393 e. The van der Waals surface area contributed by atoms with Crippen LogP contribution in [0.4, 0.5) is 0 Å². The van der Waals surface area contributed by atoms with Crippen LogP contribution in [0.1, 0.15) is 32.6 Å². The standard InChI is InChI=1S/C10H18N2O3/c1-7(13)2-5-9(14)11-6-10(15)12-8-3-4-8/h7-8,13H,2-6H2,1H3,(H,11,14)(H,12,15). The Bertz CT molecular complexity index is 237. The molecule has 1 aliphatic rings. The summed E-state index contributed by atoms with van der Waals surface area (Å²) in [5, 5.41) is 14.2. The molecule has 1 atom stereocenters. The molecule has 1 aliphatic carbocycles. The molecule has 0 aromatic rings. The molecule has 0 saturated heterocycles. The summed E-state index contributed by atoms with van der Waals surface area (Å²) in [4.78, 5) is 22.3. The number of carbonyl (C=O) groups is 2. The van der Waals surface area contributed by atoms with E-state index in [0.717, 1.165) is 12.8 Å². The Morgan fingerprint density at radius 2 is 2.07 bits per heavy atom. The molecule has 2 amide bonds. The quantitative estimate of drug-likeness (QED) is 0.560. The number of hydrogen-bond acceptors (Lipinski definition) is 3. The lowest BCUT2D eigenvalue weighted by Crippen LogP contribution is -2.37. The summed E-state index contributed by atoms with van der Waals surface area (Å²) >= 11 is 0. The molecule has 5 heteroatoms. The lowest BCUT2D eigenvalue weighted by Gasteiger charge is -2.06. The second-order valence-corrected chi connectivity index (χ2v) is 4.01. The van der Waals surface area contributed by atoms with Crippen molar-refractivity contribution in [1.82, 2.24) is 10.6 Å². The highest BCUT2D eigenvalue weighted by Gasteiger charge is 2.23. The summed E-state index contributed by atoms with van der Waals surface area (Å²) in [5.74, 6) is -0.329. The van der Waals surface area contributed by atoms with Crippen LogP contribution in [0, 0.1) is 0 Å². The van der Waals surface area contributed by atoms with Crippen LogP contribution in [0.25, 0.3) is 0 Å². The van der Waals surface area contributed by atoms with E-state index in [1.54, 1.807) is 6.92 Å². The summed E-state index contributed by atoms with van der Waals surface area (Å²) < 4.78 is 0. The van der Waals surface area contributed by atoms with E-state index in [4.69, 9.17) is 5.11 Å². The molecule has 0 radical (unpaired) electrons. The summed E-state index contributed by atoms with van der Waals surface area (Å²) in [5.41, 5.74) is 0. The first-order chi connectivity index (χ1) is 7.08. The largest absolute Gasteiger partial charge is 0.393 e. The molecule has 1 saturated carbocycles. The van der Waals surface area contributed by atoms with Gasteiger partial charge >= 0.3 is 0 Å². The van der Waals surface area contributed by atoms with Crippen LogP contribution in [-0.2, 0) is 9.59 Å². The number of rotatable bonds is 6. The molecule has 86 valence electrons. The summed E-state index contributed by atoms with van der Waals surface area (Å²) in [6, 6.07) is 0.326. The minimum absolute atomic E-state index is 0.0368. The van der Waals surface area contributed by atoms with E-state index in [2.05, 4.69) is 10.6 Å². The van der Waals surface area contributed by atoms with Crippen LogP contribution in [0.2, 0.25) is 0 Å². The molecule has 0 aliphatic heterocycles. The zero-order chi connectivity index (χ0) is 11.3. The van der Waals surface area contributed by atoms with Gasteiger partial charge in [0, 0.05) is 12.5 Å². The van der Waals surface area contributed by atoms with Gasteiger partial charge in [0.1, 0.15) is 0 Å². The molecule has 3 N–H and O–H groups in total. The van der Waals surface area contributed by atoms with Gasteiger partial charge in [-0.1, -0.05) is 0 Å². The average molecular weight is 214 g/mol. The van der Waals surface area contributed by atoms with E-state index in [1.165, 1.54) is 0 Å². The molecule has 0 heterocycles. The number of aliphatic hydroxyl groups is 1. The summed E-state index contributed by atoms with van der Waals surface area (Å²) in [6.45, 7) is 1.67. The number of aliphatic hydroxyl groups excluding tert-OH is 1. The topological polar surface area (TPSA) is 78.4 Å². The fourth-order valence-corrected chi connectivity index (χ4v) is 1.11. The van der Waals surface area contributed by atoms with Crippen molar-refractivity contribution in [3.63, 3.8) is 0 Å². The monoisotopic (exact) mass is 214 g/mol. The fourth-order valence-electron chi connectivity index (χ4n) is 1.11. The van der Waals surface area contributed by atoms with E-state index >= 15 is 0 Å². The van der Waals surface area contributed by atoms with Crippen molar-refractivity contribution in [2.24, 2.45) is 0 Å². The lowest BCUT2D eigenvalue weighted by molar-refractivity contribution is -0.126. The normalized spacial score (nSPS) is 16.9. The van der Waals surface area contributed by atoms with Gasteiger partial charge in [0.25, 0.3) is 0 Å². The summed E-state index contributed by atoms with van der Waals surface area (Å²) in [6.07, 6.45) is 2.30. The van der Waals surface area contributed by atoms with Crippen LogP contribution in [-0.4, -0.2) is 35.6 Å². The van der Waals surface area contributed by atoms with Crippen molar-refractivity contribution in [2.75, 3.05) is 6.54 Å². The van der Waals surface area contributed by atoms with Crippen LogP contribution in [0.15, 0.2) is 0 Å². The van der Waals surface area contributed by atoms with Crippen molar-refractivity contribution in [2.45, 2.75) is 44.8 Å². The zero-order valence-electron chi connectivity index (χ0n) is 8.95. The Morgan fingerprint density at radius 3 is 2.60 bits per heavy atom. The van der Waals surface area contributed by atoms with Crippen molar-refractivity contribution in [3.05, 3.63) is 0 Å². The van der Waals surface area contributed by atoms with Gasteiger partial charge in [0.2, 0.25) is 11.8 Å². The molecule has 1 unspecified atom stereocenters. The maximum Gasteiger partial charge on any atom is 0.239 e. The second-order valence-electron chi connectivity index (χ2n) is 4.01. The molecule has 1 fully saturated rings. The highest BCUT2D eigenvalue weighted by atomic mass is 16.3. The minimum atomic E-state index is -0.476. The van der Waals surface area contributed by atoms with Crippen LogP contribution >= 0.6 is 0 Å². The van der Waals surface area contributed by atoms with Crippen molar-refractivity contribution < 1.29 is 14.7 Å². The van der Waals surface area contributed by atoms with Gasteiger partial charge < -0.3 is 15.7 Å². The Hall–Kier alpha value is -1.10. The number of amides is 2. The number of carbonyl (C=O) groups excluding carboxylic acids is 2. The van der Waals surface area contributed by atoms with Crippen molar-refractivity contribution in [1.29, 1.82) is 0 Å². The average Bonchev–Trinajstić information content (AvgIpc) is 2.95. The van der Waals surface area contributed by atoms with Gasteiger partial charge in [0.05, 0.1) is 12.6 Å². The van der Waals surface area contributed by atoms with E-state index in [9.17, 15) is 9.59 Å². The first-order valence-electron chi connectivity index (χ1n) is 5.32. The Balaban J connectivity index is 2.02. The van der Waals surface area contributed by atoms with E-state index < -0.39 is 6.10 Å². The van der Waals surface area contributed by atoms with Gasteiger partial charge in [0.15, 0.2) is 0 Å². The molecular weight excluding hydrogens is 196 g/mol. The molecule has 0 aromatic heterocycles. The molecular formula is C10H18N2O3. The van der Waals surface area contributed by atoms with E-state index in [0.29, 0.717) is 12.5 Å². The second kappa shape index (κ2) is 5.70. The van der Waals surface area contributed by atoms with E-state index in [1.807, 2.05) is 0 Å². The molecule has 5 nitrogen and oxygen atoms in total. The van der Waals surface area contributed by atoms with Gasteiger partial charge in [-0.25, -0.2) is 0 Å². The van der Waals surface area contributed by atoms with Crippen molar-refractivity contribution >= 4 is 11.8 Å². The van der Waals surface area contributed by atoms with Crippen LogP contribution in [0.3, 0.4) is 0 Å². The van der Waals surface area contributed by atoms with Gasteiger partial charge in [-0.2, -0.15) is 0 Å².